The maximum absolute atomic E-state index is 6.07. The second-order valence-electron chi connectivity index (χ2n) is 6.94. The lowest BCUT2D eigenvalue weighted by molar-refractivity contribution is 0.154. The van der Waals surface area contributed by atoms with Crippen LogP contribution in [0.2, 0.25) is 5.02 Å². The van der Waals surface area contributed by atoms with Gasteiger partial charge in [-0.1, -0.05) is 45.4 Å². The first-order valence-corrected chi connectivity index (χ1v) is 8.35. The molecular weight excluding hydrogens is 282 g/mol. The highest BCUT2D eigenvalue weighted by Crippen LogP contribution is 2.24. The molecule has 0 saturated carbocycles. The molecule has 0 fully saturated rings. The summed E-state index contributed by atoms with van der Waals surface area (Å²) in [5.74, 6) is 0.842. The van der Waals surface area contributed by atoms with Crippen LogP contribution in [0.1, 0.15) is 53.9 Å². The fourth-order valence-corrected chi connectivity index (χ4v) is 2.44. The Morgan fingerprint density at radius 2 is 2.00 bits per heavy atom. The molecule has 0 saturated heterocycles. The van der Waals surface area contributed by atoms with Crippen molar-refractivity contribution in [3.05, 3.63) is 29.3 Å². The first kappa shape index (κ1) is 18.3. The Hall–Kier alpha value is -0.730. The van der Waals surface area contributed by atoms with Crippen molar-refractivity contribution in [3.63, 3.8) is 0 Å². The Morgan fingerprint density at radius 1 is 1.29 bits per heavy atom. The quantitative estimate of drug-likeness (QED) is 0.703. The van der Waals surface area contributed by atoms with Crippen LogP contribution in [0.5, 0.6) is 5.75 Å². The second-order valence-corrected chi connectivity index (χ2v) is 7.38. The van der Waals surface area contributed by atoms with Crippen LogP contribution >= 0.6 is 11.6 Å². The van der Waals surface area contributed by atoms with E-state index < -0.39 is 0 Å². The van der Waals surface area contributed by atoms with Gasteiger partial charge in [-0.3, -0.25) is 0 Å². The van der Waals surface area contributed by atoms with Gasteiger partial charge in [0.25, 0.3) is 0 Å². The Bertz CT molecular complexity index is 414. The van der Waals surface area contributed by atoms with Gasteiger partial charge in [-0.05, 0) is 56.3 Å². The van der Waals surface area contributed by atoms with E-state index in [0.29, 0.717) is 16.5 Å². The number of hydrogen-bond acceptors (Lipinski definition) is 2. The highest BCUT2D eigenvalue weighted by atomic mass is 35.5. The standard InChI is InChI=1S/C18H30ClNO/c1-6-12-20-17(10-11-18(3,4)5)14(2)21-16-9-7-8-15(19)13-16/h7-9,13-14,17,20H,6,10-12H2,1-5H3. The molecule has 0 aromatic heterocycles. The van der Waals surface area contributed by atoms with Crippen LogP contribution in [0.25, 0.3) is 0 Å². The van der Waals surface area contributed by atoms with Gasteiger partial charge in [0.15, 0.2) is 0 Å². The summed E-state index contributed by atoms with van der Waals surface area (Å²) in [5.41, 5.74) is 0.349. The van der Waals surface area contributed by atoms with Crippen molar-refractivity contribution < 1.29 is 4.74 Å². The zero-order chi connectivity index (χ0) is 15.9. The van der Waals surface area contributed by atoms with Crippen molar-refractivity contribution in [1.82, 2.24) is 5.32 Å². The zero-order valence-corrected chi connectivity index (χ0v) is 14.8. The molecule has 0 aliphatic carbocycles. The maximum atomic E-state index is 6.07. The van der Waals surface area contributed by atoms with E-state index in [9.17, 15) is 0 Å². The predicted molar refractivity (Wildman–Crippen MR) is 92.3 cm³/mol. The summed E-state index contributed by atoms with van der Waals surface area (Å²) in [6.45, 7) is 12.2. The highest BCUT2D eigenvalue weighted by Gasteiger charge is 2.21. The van der Waals surface area contributed by atoms with E-state index in [0.717, 1.165) is 25.1 Å². The van der Waals surface area contributed by atoms with Gasteiger partial charge in [0.1, 0.15) is 11.9 Å². The second kappa shape index (κ2) is 8.65. The van der Waals surface area contributed by atoms with Gasteiger partial charge >= 0.3 is 0 Å². The lowest BCUT2D eigenvalue weighted by atomic mass is 9.87. The van der Waals surface area contributed by atoms with E-state index in [2.05, 4.69) is 39.9 Å². The lowest BCUT2D eigenvalue weighted by Gasteiger charge is -2.29. The van der Waals surface area contributed by atoms with Gasteiger partial charge < -0.3 is 10.1 Å². The van der Waals surface area contributed by atoms with Gasteiger partial charge in [0.2, 0.25) is 0 Å². The van der Waals surface area contributed by atoms with E-state index in [1.807, 2.05) is 24.3 Å². The first-order valence-electron chi connectivity index (χ1n) is 7.97. The topological polar surface area (TPSA) is 21.3 Å². The van der Waals surface area contributed by atoms with Crippen molar-refractivity contribution in [2.45, 2.75) is 66.0 Å². The summed E-state index contributed by atoms with van der Waals surface area (Å²) in [6.07, 6.45) is 3.55. The van der Waals surface area contributed by atoms with Crippen molar-refractivity contribution >= 4 is 11.6 Å². The Labute approximate surface area is 135 Å². The molecule has 0 amide bonds. The van der Waals surface area contributed by atoms with Crippen LogP contribution in [0.4, 0.5) is 0 Å². The molecule has 1 rings (SSSR count). The number of hydrogen-bond donors (Lipinski definition) is 1. The van der Waals surface area contributed by atoms with Crippen molar-refractivity contribution in [2.75, 3.05) is 6.54 Å². The van der Waals surface area contributed by atoms with Gasteiger partial charge in [0.05, 0.1) is 0 Å². The fourth-order valence-electron chi connectivity index (χ4n) is 2.26. The number of benzene rings is 1. The first-order chi connectivity index (χ1) is 9.81. The predicted octanol–water partition coefficient (Wildman–Crippen LogP) is 5.30. The molecule has 3 heteroatoms. The molecule has 21 heavy (non-hydrogen) atoms. The zero-order valence-electron chi connectivity index (χ0n) is 14.1. The van der Waals surface area contributed by atoms with Crippen molar-refractivity contribution in [3.8, 4) is 5.75 Å². The molecule has 2 unspecified atom stereocenters. The summed E-state index contributed by atoms with van der Waals surface area (Å²) in [7, 11) is 0. The molecule has 0 aliphatic heterocycles. The van der Waals surface area contributed by atoms with Crippen LogP contribution in [-0.4, -0.2) is 18.7 Å². The smallest absolute Gasteiger partial charge is 0.121 e. The molecule has 0 radical (unpaired) electrons. The molecule has 120 valence electrons. The van der Waals surface area contributed by atoms with Crippen molar-refractivity contribution in [2.24, 2.45) is 5.41 Å². The summed E-state index contributed by atoms with van der Waals surface area (Å²) < 4.78 is 6.07. The minimum atomic E-state index is 0.123. The molecule has 1 aromatic rings. The number of ether oxygens (including phenoxy) is 1. The average molecular weight is 312 g/mol. The molecule has 0 bridgehead atoms. The van der Waals surface area contributed by atoms with E-state index in [1.54, 1.807) is 0 Å². The third-order valence-corrected chi connectivity index (χ3v) is 3.78. The largest absolute Gasteiger partial charge is 0.489 e. The number of rotatable bonds is 8. The minimum Gasteiger partial charge on any atom is -0.489 e. The normalized spacial score (nSPS) is 14.8. The Morgan fingerprint density at radius 3 is 2.57 bits per heavy atom. The summed E-state index contributed by atoms with van der Waals surface area (Å²) in [6, 6.07) is 7.99. The maximum Gasteiger partial charge on any atom is 0.121 e. The molecule has 2 nitrogen and oxygen atoms in total. The molecule has 0 heterocycles. The van der Waals surface area contributed by atoms with Crippen LogP contribution < -0.4 is 10.1 Å². The average Bonchev–Trinajstić information content (AvgIpc) is 2.37. The molecule has 1 N–H and O–H groups in total. The molecule has 0 aliphatic rings. The molecule has 2 atom stereocenters. The molecule has 1 aromatic carbocycles. The van der Waals surface area contributed by atoms with Crippen LogP contribution in [0.15, 0.2) is 24.3 Å². The van der Waals surface area contributed by atoms with E-state index >= 15 is 0 Å². The van der Waals surface area contributed by atoms with Crippen LogP contribution in [-0.2, 0) is 0 Å². The fraction of sp³-hybridized carbons (Fsp3) is 0.667. The van der Waals surface area contributed by atoms with Gasteiger partial charge in [0, 0.05) is 11.1 Å². The van der Waals surface area contributed by atoms with E-state index in [4.69, 9.17) is 16.3 Å². The highest BCUT2D eigenvalue weighted by molar-refractivity contribution is 6.30. The minimum absolute atomic E-state index is 0.123. The molecular formula is C18H30ClNO. The van der Waals surface area contributed by atoms with Crippen molar-refractivity contribution in [1.29, 1.82) is 0 Å². The summed E-state index contributed by atoms with van der Waals surface area (Å²) in [4.78, 5) is 0. The van der Waals surface area contributed by atoms with E-state index in [1.165, 1.54) is 6.42 Å². The van der Waals surface area contributed by atoms with E-state index in [-0.39, 0.29) is 6.10 Å². The van der Waals surface area contributed by atoms with Crippen LogP contribution in [0.3, 0.4) is 0 Å². The lowest BCUT2D eigenvalue weighted by Crippen LogP contribution is -2.42. The number of nitrogens with one attached hydrogen (secondary N) is 1. The Kier molecular flexibility index (Phi) is 7.55. The summed E-state index contributed by atoms with van der Waals surface area (Å²) >= 11 is 6.02. The Balaban J connectivity index is 2.63. The number of halogens is 1. The SMILES string of the molecule is CCCNC(CCC(C)(C)C)C(C)Oc1cccc(Cl)c1. The molecule has 0 spiro atoms. The van der Waals surface area contributed by atoms with Crippen LogP contribution in [0, 0.1) is 5.41 Å². The monoisotopic (exact) mass is 311 g/mol. The van der Waals surface area contributed by atoms with Gasteiger partial charge in [-0.15, -0.1) is 0 Å². The van der Waals surface area contributed by atoms with Gasteiger partial charge in [-0.25, -0.2) is 0 Å². The van der Waals surface area contributed by atoms with Gasteiger partial charge in [-0.2, -0.15) is 0 Å². The third kappa shape index (κ3) is 7.73. The third-order valence-electron chi connectivity index (χ3n) is 3.55. The summed E-state index contributed by atoms with van der Waals surface area (Å²) in [5, 5.41) is 4.33.